The number of benzene rings is 2. The summed E-state index contributed by atoms with van der Waals surface area (Å²) in [6.07, 6.45) is -1.46. The van der Waals surface area contributed by atoms with Crippen molar-refractivity contribution in [3.05, 3.63) is 89.2 Å². The maximum atomic E-state index is 12.5. The molecule has 1 heterocycles. The van der Waals surface area contributed by atoms with Crippen molar-refractivity contribution in [2.45, 2.75) is 25.6 Å². The summed E-state index contributed by atoms with van der Waals surface area (Å²) in [5.74, 6) is -1.21. The molecule has 0 radical (unpaired) electrons. The quantitative estimate of drug-likeness (QED) is 0.561. The number of aryl methyl sites for hydroxylation is 2. The first-order valence-corrected chi connectivity index (χ1v) is 9.64. The zero-order valence-corrected chi connectivity index (χ0v) is 17.0. The lowest BCUT2D eigenvalue weighted by atomic mass is 9.81. The molecule has 156 valence electrons. The Balaban J connectivity index is 2.22. The summed E-state index contributed by atoms with van der Waals surface area (Å²) < 4.78 is 12.1. The number of hydrogen-bond acceptors (Lipinski definition) is 6. The zero-order chi connectivity index (χ0) is 21.6. The molecule has 2 aromatic carbocycles. The van der Waals surface area contributed by atoms with Crippen LogP contribution in [-0.2, 0) is 15.1 Å². The van der Waals surface area contributed by atoms with Gasteiger partial charge in [-0.25, -0.2) is 14.8 Å². The third-order valence-electron chi connectivity index (χ3n) is 4.63. The highest BCUT2D eigenvalue weighted by atomic mass is 16.6. The molecule has 1 atom stereocenters. The molecule has 1 unspecified atom stereocenters. The topological polar surface area (TPSA) is 108 Å². The molecular weight excluding hydrogens is 382 g/mol. The Morgan fingerprint density at radius 3 is 1.93 bits per heavy atom. The number of nitrogens with zero attached hydrogens (tertiary/aromatic N) is 2. The van der Waals surface area contributed by atoms with E-state index in [0.717, 1.165) is 0 Å². The van der Waals surface area contributed by atoms with Crippen molar-refractivity contribution in [1.29, 1.82) is 0 Å². The van der Waals surface area contributed by atoms with Crippen molar-refractivity contribution in [1.82, 2.24) is 9.97 Å². The molecule has 0 aliphatic carbocycles. The number of hydrogen-bond donors (Lipinski definition) is 2. The largest absolute Gasteiger partial charge is 0.478 e. The minimum atomic E-state index is -1.46. The Morgan fingerprint density at radius 1 is 1.00 bits per heavy atom. The molecule has 3 rings (SSSR count). The number of carboxylic acids is 1. The molecule has 0 aliphatic heterocycles. The van der Waals surface area contributed by atoms with Crippen LogP contribution >= 0.6 is 0 Å². The van der Waals surface area contributed by atoms with Gasteiger partial charge in [-0.2, -0.15) is 0 Å². The predicted octanol–water partition coefficient (Wildman–Crippen LogP) is 2.84. The van der Waals surface area contributed by atoms with Gasteiger partial charge in [-0.05, 0) is 31.0 Å². The van der Waals surface area contributed by atoms with E-state index in [0.29, 0.717) is 22.5 Å². The summed E-state index contributed by atoms with van der Waals surface area (Å²) in [4.78, 5) is 21.1. The molecule has 0 spiro atoms. The summed E-state index contributed by atoms with van der Waals surface area (Å²) in [5, 5.41) is 10.2. The van der Waals surface area contributed by atoms with Crippen molar-refractivity contribution in [2.24, 2.45) is 5.73 Å². The minimum absolute atomic E-state index is 0.0208. The summed E-state index contributed by atoms with van der Waals surface area (Å²) in [7, 11) is 0. The Bertz CT molecular complexity index is 921. The van der Waals surface area contributed by atoms with Crippen molar-refractivity contribution in [3.8, 4) is 6.01 Å². The third kappa shape index (κ3) is 4.48. The highest BCUT2D eigenvalue weighted by Gasteiger charge is 2.50. The second-order valence-electron chi connectivity index (χ2n) is 6.87. The van der Waals surface area contributed by atoms with Crippen LogP contribution in [-0.4, -0.2) is 40.3 Å². The van der Waals surface area contributed by atoms with Crippen LogP contribution in [0.3, 0.4) is 0 Å². The summed E-state index contributed by atoms with van der Waals surface area (Å²) in [6.45, 7) is 3.94. The van der Waals surface area contributed by atoms with Gasteiger partial charge in [0.25, 0.3) is 0 Å². The number of nitrogens with two attached hydrogens (primary N) is 1. The smallest absolute Gasteiger partial charge is 0.348 e. The monoisotopic (exact) mass is 407 g/mol. The maximum absolute atomic E-state index is 12.5. The number of carboxylic acid groups (broad SMARTS) is 1. The SMILES string of the molecule is Cc1cc(C)nc(OC(C(=O)O)C(OCCN)(c2ccccc2)c2ccccc2)n1. The summed E-state index contributed by atoms with van der Waals surface area (Å²) in [6, 6.07) is 20.0. The average molecular weight is 407 g/mol. The number of ether oxygens (including phenoxy) is 2. The molecule has 0 aliphatic rings. The number of aromatic nitrogens is 2. The van der Waals surface area contributed by atoms with Crippen molar-refractivity contribution in [2.75, 3.05) is 13.2 Å². The molecule has 0 fully saturated rings. The van der Waals surface area contributed by atoms with Gasteiger partial charge in [0.05, 0.1) is 6.61 Å². The van der Waals surface area contributed by atoms with Crippen LogP contribution in [0.1, 0.15) is 22.5 Å². The van der Waals surface area contributed by atoms with E-state index in [-0.39, 0.29) is 19.2 Å². The highest BCUT2D eigenvalue weighted by molar-refractivity contribution is 5.76. The van der Waals surface area contributed by atoms with Crippen LogP contribution in [0.2, 0.25) is 0 Å². The Labute approximate surface area is 175 Å². The third-order valence-corrected chi connectivity index (χ3v) is 4.63. The van der Waals surface area contributed by atoms with Gasteiger partial charge < -0.3 is 20.3 Å². The maximum Gasteiger partial charge on any atom is 0.348 e. The predicted molar refractivity (Wildman–Crippen MR) is 112 cm³/mol. The Morgan fingerprint density at radius 2 is 1.50 bits per heavy atom. The van der Waals surface area contributed by atoms with Crippen LogP contribution in [0, 0.1) is 13.8 Å². The first kappa shape index (κ1) is 21.4. The number of carbonyl (C=O) groups is 1. The van der Waals surface area contributed by atoms with Crippen LogP contribution in [0.5, 0.6) is 6.01 Å². The van der Waals surface area contributed by atoms with E-state index in [9.17, 15) is 9.90 Å². The van der Waals surface area contributed by atoms with Gasteiger partial charge >= 0.3 is 12.0 Å². The average Bonchev–Trinajstić information content (AvgIpc) is 2.74. The van der Waals surface area contributed by atoms with Crippen LogP contribution < -0.4 is 10.5 Å². The van der Waals surface area contributed by atoms with E-state index in [1.807, 2.05) is 60.7 Å². The van der Waals surface area contributed by atoms with E-state index >= 15 is 0 Å². The zero-order valence-electron chi connectivity index (χ0n) is 17.0. The molecule has 30 heavy (non-hydrogen) atoms. The molecule has 0 amide bonds. The van der Waals surface area contributed by atoms with E-state index < -0.39 is 17.7 Å². The van der Waals surface area contributed by atoms with Gasteiger partial charge in [0.15, 0.2) is 5.60 Å². The van der Waals surface area contributed by atoms with Gasteiger partial charge in [-0.15, -0.1) is 0 Å². The van der Waals surface area contributed by atoms with Crippen LogP contribution in [0.15, 0.2) is 66.7 Å². The summed E-state index contributed by atoms with van der Waals surface area (Å²) >= 11 is 0. The van der Waals surface area contributed by atoms with Gasteiger partial charge in [0.2, 0.25) is 6.10 Å². The van der Waals surface area contributed by atoms with Crippen LogP contribution in [0.25, 0.3) is 0 Å². The molecule has 3 N–H and O–H groups in total. The standard InChI is InChI=1S/C23H25N3O4/c1-16-15-17(2)26-22(25-16)30-20(21(27)28)23(29-14-13-24,18-9-5-3-6-10-18)19-11-7-4-8-12-19/h3-12,15,20H,13-14,24H2,1-2H3,(H,27,28). The molecule has 0 saturated carbocycles. The Kier molecular flexibility index (Phi) is 6.76. The lowest BCUT2D eigenvalue weighted by Crippen LogP contribution is -2.52. The molecule has 0 saturated heterocycles. The Hall–Kier alpha value is -3.29. The van der Waals surface area contributed by atoms with Gasteiger partial charge in [0, 0.05) is 17.9 Å². The normalized spacial score (nSPS) is 12.4. The highest BCUT2D eigenvalue weighted by Crippen LogP contribution is 2.39. The first-order valence-electron chi connectivity index (χ1n) is 9.64. The lowest BCUT2D eigenvalue weighted by Gasteiger charge is -2.38. The minimum Gasteiger partial charge on any atom is -0.478 e. The van der Waals surface area contributed by atoms with E-state index in [4.69, 9.17) is 15.2 Å². The van der Waals surface area contributed by atoms with E-state index in [1.54, 1.807) is 19.9 Å². The lowest BCUT2D eigenvalue weighted by molar-refractivity contribution is -0.163. The molecular formula is C23H25N3O4. The summed E-state index contributed by atoms with van der Waals surface area (Å²) in [5.41, 5.74) is 6.86. The van der Waals surface area contributed by atoms with Gasteiger partial charge in [-0.3, -0.25) is 0 Å². The molecule has 7 heteroatoms. The fourth-order valence-electron chi connectivity index (χ4n) is 3.46. The van der Waals surface area contributed by atoms with Crippen molar-refractivity contribution >= 4 is 5.97 Å². The van der Waals surface area contributed by atoms with Crippen molar-refractivity contribution < 1.29 is 19.4 Å². The fraction of sp³-hybridized carbons (Fsp3) is 0.261. The second-order valence-corrected chi connectivity index (χ2v) is 6.87. The van der Waals surface area contributed by atoms with Crippen molar-refractivity contribution in [3.63, 3.8) is 0 Å². The molecule has 3 aromatic rings. The van der Waals surface area contributed by atoms with Gasteiger partial charge in [0.1, 0.15) is 0 Å². The first-order chi connectivity index (χ1) is 14.5. The molecule has 1 aromatic heterocycles. The second kappa shape index (κ2) is 9.47. The number of aliphatic carboxylic acids is 1. The van der Waals surface area contributed by atoms with Gasteiger partial charge in [-0.1, -0.05) is 60.7 Å². The fourth-order valence-corrected chi connectivity index (χ4v) is 3.46. The molecule has 0 bridgehead atoms. The van der Waals surface area contributed by atoms with E-state index in [2.05, 4.69) is 9.97 Å². The van der Waals surface area contributed by atoms with Crippen LogP contribution in [0.4, 0.5) is 0 Å². The molecule has 7 nitrogen and oxygen atoms in total. The number of rotatable bonds is 9. The van der Waals surface area contributed by atoms with E-state index in [1.165, 1.54) is 0 Å².